The number of rotatable bonds is 7. The molecule has 0 radical (unpaired) electrons. The van der Waals surface area contributed by atoms with E-state index in [4.69, 9.17) is 10.4 Å². The van der Waals surface area contributed by atoms with Crippen LogP contribution >= 0.6 is 0 Å². The van der Waals surface area contributed by atoms with Crippen LogP contribution in [0.15, 0.2) is 0 Å². The van der Waals surface area contributed by atoms with Crippen LogP contribution in [-0.2, 0) is 4.79 Å². The van der Waals surface area contributed by atoms with Gasteiger partial charge >= 0.3 is 0 Å². The van der Waals surface area contributed by atoms with Gasteiger partial charge in [-0.3, -0.25) is 4.79 Å². The lowest BCUT2D eigenvalue weighted by Crippen LogP contribution is -2.40. The Morgan fingerprint density at radius 1 is 1.64 bits per heavy atom. The molecule has 5 heteroatoms. The topological polar surface area (TPSA) is 85.2 Å². The molecular weight excluding hydrogens is 182 g/mol. The van der Waals surface area contributed by atoms with Crippen LogP contribution in [0.2, 0.25) is 0 Å². The molecule has 1 atom stereocenters. The third-order valence-corrected chi connectivity index (χ3v) is 1.82. The van der Waals surface area contributed by atoms with E-state index in [1.165, 1.54) is 0 Å². The number of nitriles is 1. The van der Waals surface area contributed by atoms with Crippen LogP contribution in [0, 0.1) is 11.3 Å². The summed E-state index contributed by atoms with van der Waals surface area (Å²) in [5.41, 5.74) is 0. The Labute approximate surface area is 84.1 Å². The van der Waals surface area contributed by atoms with E-state index in [0.717, 1.165) is 6.42 Å². The first kappa shape index (κ1) is 12.9. The smallest absolute Gasteiger partial charge is 0.234 e. The molecule has 14 heavy (non-hydrogen) atoms. The van der Waals surface area contributed by atoms with Crippen molar-refractivity contribution < 1.29 is 9.90 Å². The van der Waals surface area contributed by atoms with Crippen molar-refractivity contribution in [2.75, 3.05) is 19.7 Å². The Kier molecular flexibility index (Phi) is 7.80. The highest BCUT2D eigenvalue weighted by molar-refractivity contribution is 5.77. The standard InChI is InChI=1S/C9H17N3O2/c1-2-8(7-13)12-6-9(14)11-5-3-4-10/h8,12-13H,2-3,5-7H2,1H3,(H,11,14). The van der Waals surface area contributed by atoms with E-state index in [1.807, 2.05) is 13.0 Å². The molecule has 1 amide bonds. The van der Waals surface area contributed by atoms with Gasteiger partial charge in [-0.1, -0.05) is 6.92 Å². The van der Waals surface area contributed by atoms with Gasteiger partial charge in [-0.2, -0.15) is 5.26 Å². The van der Waals surface area contributed by atoms with Crippen molar-refractivity contribution >= 4 is 5.91 Å². The molecule has 0 aliphatic carbocycles. The zero-order valence-electron chi connectivity index (χ0n) is 8.42. The highest BCUT2D eigenvalue weighted by Gasteiger charge is 2.05. The molecule has 0 saturated carbocycles. The number of hydrogen-bond donors (Lipinski definition) is 3. The van der Waals surface area contributed by atoms with Crippen molar-refractivity contribution in [2.45, 2.75) is 25.8 Å². The first-order valence-corrected chi connectivity index (χ1v) is 4.72. The van der Waals surface area contributed by atoms with Gasteiger partial charge in [0.05, 0.1) is 25.6 Å². The molecule has 0 aromatic rings. The monoisotopic (exact) mass is 199 g/mol. The average molecular weight is 199 g/mol. The normalized spacial score (nSPS) is 11.8. The number of nitrogens with one attached hydrogen (secondary N) is 2. The van der Waals surface area contributed by atoms with Gasteiger partial charge in [-0.15, -0.1) is 0 Å². The molecule has 80 valence electrons. The summed E-state index contributed by atoms with van der Waals surface area (Å²) in [5.74, 6) is -0.146. The van der Waals surface area contributed by atoms with Crippen molar-refractivity contribution in [3.63, 3.8) is 0 Å². The molecule has 0 aromatic carbocycles. The molecule has 0 heterocycles. The lowest BCUT2D eigenvalue weighted by atomic mass is 10.2. The maximum absolute atomic E-state index is 11.1. The minimum Gasteiger partial charge on any atom is -0.395 e. The van der Waals surface area contributed by atoms with Crippen molar-refractivity contribution in [3.05, 3.63) is 0 Å². The van der Waals surface area contributed by atoms with Crippen LogP contribution in [0.3, 0.4) is 0 Å². The first-order chi connectivity index (χ1) is 6.74. The summed E-state index contributed by atoms with van der Waals surface area (Å²) < 4.78 is 0. The number of aliphatic hydroxyl groups excluding tert-OH is 1. The SMILES string of the molecule is CCC(CO)NCC(=O)NCCC#N. The summed E-state index contributed by atoms with van der Waals surface area (Å²) in [6.45, 7) is 2.53. The minimum absolute atomic E-state index is 0.0297. The van der Waals surface area contributed by atoms with Crippen molar-refractivity contribution in [1.29, 1.82) is 5.26 Å². The zero-order chi connectivity index (χ0) is 10.8. The number of amides is 1. The van der Waals surface area contributed by atoms with Gasteiger partial charge in [0.2, 0.25) is 5.91 Å². The van der Waals surface area contributed by atoms with Crippen LogP contribution in [0.4, 0.5) is 0 Å². The highest BCUT2D eigenvalue weighted by atomic mass is 16.3. The second-order valence-electron chi connectivity index (χ2n) is 2.93. The zero-order valence-corrected chi connectivity index (χ0v) is 8.42. The molecule has 1 unspecified atom stereocenters. The summed E-state index contributed by atoms with van der Waals surface area (Å²) in [4.78, 5) is 11.1. The van der Waals surface area contributed by atoms with Crippen LogP contribution < -0.4 is 10.6 Å². The summed E-state index contributed by atoms with van der Waals surface area (Å²) in [6.07, 6.45) is 1.10. The molecule has 5 nitrogen and oxygen atoms in total. The number of carbonyl (C=O) groups excluding carboxylic acids is 1. The molecule has 0 aliphatic rings. The predicted molar refractivity (Wildman–Crippen MR) is 52.4 cm³/mol. The lowest BCUT2D eigenvalue weighted by Gasteiger charge is -2.13. The Hall–Kier alpha value is -1.12. The summed E-state index contributed by atoms with van der Waals surface area (Å²) in [7, 11) is 0. The average Bonchev–Trinajstić information content (AvgIpc) is 2.20. The van der Waals surface area contributed by atoms with E-state index in [1.54, 1.807) is 0 Å². The van der Waals surface area contributed by atoms with E-state index in [0.29, 0.717) is 13.0 Å². The van der Waals surface area contributed by atoms with E-state index < -0.39 is 0 Å². The van der Waals surface area contributed by atoms with Gasteiger partial charge < -0.3 is 15.7 Å². The van der Waals surface area contributed by atoms with Crippen LogP contribution in [-0.4, -0.2) is 36.8 Å². The number of carbonyl (C=O) groups is 1. The van der Waals surface area contributed by atoms with E-state index in [9.17, 15) is 4.79 Å². The fraction of sp³-hybridized carbons (Fsp3) is 0.778. The number of nitrogens with zero attached hydrogens (tertiary/aromatic N) is 1. The summed E-state index contributed by atoms with van der Waals surface area (Å²) in [5, 5.41) is 22.5. The molecular formula is C9H17N3O2. The molecule has 3 N–H and O–H groups in total. The van der Waals surface area contributed by atoms with Crippen LogP contribution in [0.25, 0.3) is 0 Å². The quantitative estimate of drug-likeness (QED) is 0.477. The molecule has 0 spiro atoms. The predicted octanol–water partition coefficient (Wildman–Crippen LogP) is -0.623. The first-order valence-electron chi connectivity index (χ1n) is 4.72. The second kappa shape index (κ2) is 8.48. The Morgan fingerprint density at radius 3 is 2.86 bits per heavy atom. The fourth-order valence-corrected chi connectivity index (χ4v) is 0.895. The minimum atomic E-state index is -0.146. The van der Waals surface area contributed by atoms with Crippen LogP contribution in [0.1, 0.15) is 19.8 Å². The third-order valence-electron chi connectivity index (χ3n) is 1.82. The summed E-state index contributed by atoms with van der Waals surface area (Å²) in [6, 6.07) is 1.90. The second-order valence-corrected chi connectivity index (χ2v) is 2.93. The third kappa shape index (κ3) is 6.40. The van der Waals surface area contributed by atoms with Gasteiger partial charge in [-0.25, -0.2) is 0 Å². The molecule has 0 aliphatic heterocycles. The lowest BCUT2D eigenvalue weighted by molar-refractivity contribution is -0.120. The highest BCUT2D eigenvalue weighted by Crippen LogP contribution is 1.87. The molecule has 0 saturated heterocycles. The van der Waals surface area contributed by atoms with Crippen molar-refractivity contribution in [2.24, 2.45) is 0 Å². The van der Waals surface area contributed by atoms with E-state index in [-0.39, 0.29) is 25.1 Å². The molecule has 0 rings (SSSR count). The molecule has 0 bridgehead atoms. The van der Waals surface area contributed by atoms with Gasteiger partial charge in [-0.05, 0) is 6.42 Å². The Balaban J connectivity index is 3.48. The van der Waals surface area contributed by atoms with Gasteiger partial charge in [0.1, 0.15) is 0 Å². The van der Waals surface area contributed by atoms with Crippen molar-refractivity contribution in [1.82, 2.24) is 10.6 Å². The van der Waals surface area contributed by atoms with Crippen LogP contribution in [0.5, 0.6) is 0 Å². The van der Waals surface area contributed by atoms with Gasteiger partial charge in [0.25, 0.3) is 0 Å². The fourth-order valence-electron chi connectivity index (χ4n) is 0.895. The maximum Gasteiger partial charge on any atom is 0.234 e. The Bertz CT molecular complexity index is 197. The molecule has 0 fully saturated rings. The van der Waals surface area contributed by atoms with E-state index >= 15 is 0 Å². The Morgan fingerprint density at radius 2 is 2.36 bits per heavy atom. The van der Waals surface area contributed by atoms with Gasteiger partial charge in [0.15, 0.2) is 0 Å². The van der Waals surface area contributed by atoms with Crippen molar-refractivity contribution in [3.8, 4) is 6.07 Å². The summed E-state index contributed by atoms with van der Waals surface area (Å²) >= 11 is 0. The maximum atomic E-state index is 11.1. The van der Waals surface area contributed by atoms with E-state index in [2.05, 4.69) is 10.6 Å². The van der Waals surface area contributed by atoms with Gasteiger partial charge in [0, 0.05) is 12.6 Å². The molecule has 0 aromatic heterocycles. The number of aliphatic hydroxyl groups is 1. The number of hydrogen-bond acceptors (Lipinski definition) is 4. The largest absolute Gasteiger partial charge is 0.395 e.